The van der Waals surface area contributed by atoms with Crippen molar-refractivity contribution in [2.45, 2.75) is 33.7 Å². The van der Waals surface area contributed by atoms with E-state index in [9.17, 15) is 0 Å². The highest BCUT2D eigenvalue weighted by Gasteiger charge is 2.32. The van der Waals surface area contributed by atoms with Gasteiger partial charge in [0, 0.05) is 29.9 Å². The molecule has 0 aliphatic carbocycles. The lowest BCUT2D eigenvalue weighted by Crippen LogP contribution is -2.33. The summed E-state index contributed by atoms with van der Waals surface area (Å²) >= 11 is 12.2. The number of rotatable bonds is 6. The molecule has 0 amide bonds. The number of hydrogen-bond donors (Lipinski definition) is 0. The molecule has 1 heterocycles. The second kappa shape index (κ2) is 5.92. The van der Waals surface area contributed by atoms with Crippen LogP contribution in [0, 0.1) is 11.3 Å². The number of nitrogens with zero attached hydrogens (tertiary/aromatic N) is 2. The Kier molecular flexibility index (Phi) is 5.13. The van der Waals surface area contributed by atoms with Crippen LogP contribution in [0.5, 0.6) is 0 Å². The first-order valence-electron chi connectivity index (χ1n) is 5.71. The Morgan fingerprint density at radius 2 is 2.00 bits per heavy atom. The first kappa shape index (κ1) is 13.9. The Labute approximate surface area is 108 Å². The summed E-state index contributed by atoms with van der Waals surface area (Å²) < 4.78 is 1.93. The summed E-state index contributed by atoms with van der Waals surface area (Å²) in [5, 5.41) is 4.28. The predicted octanol–water partition coefficient (Wildman–Crippen LogP) is 3.57. The van der Waals surface area contributed by atoms with Gasteiger partial charge < -0.3 is 0 Å². The summed E-state index contributed by atoms with van der Waals surface area (Å²) in [5.41, 5.74) is 1.20. The van der Waals surface area contributed by atoms with E-state index in [2.05, 4.69) is 32.1 Å². The van der Waals surface area contributed by atoms with Gasteiger partial charge in [-0.3, -0.25) is 4.68 Å². The highest BCUT2D eigenvalue weighted by Crippen LogP contribution is 2.34. The number of halogens is 2. The molecule has 4 heteroatoms. The van der Waals surface area contributed by atoms with Crippen molar-refractivity contribution in [3.8, 4) is 0 Å². The second-order valence-electron chi connectivity index (χ2n) is 4.67. The van der Waals surface area contributed by atoms with Crippen molar-refractivity contribution in [3.63, 3.8) is 0 Å². The normalized spacial score (nSPS) is 12.4. The van der Waals surface area contributed by atoms with Crippen LogP contribution in [0.25, 0.3) is 0 Å². The van der Waals surface area contributed by atoms with Crippen molar-refractivity contribution >= 4 is 23.2 Å². The minimum Gasteiger partial charge on any atom is -0.273 e. The van der Waals surface area contributed by atoms with Crippen molar-refractivity contribution in [1.82, 2.24) is 9.78 Å². The van der Waals surface area contributed by atoms with Crippen molar-refractivity contribution in [1.29, 1.82) is 0 Å². The molecule has 0 aliphatic heterocycles. The topological polar surface area (TPSA) is 17.8 Å². The Hall–Kier alpha value is -0.210. The average Bonchev–Trinajstić information content (AvgIpc) is 2.73. The Morgan fingerprint density at radius 1 is 1.38 bits per heavy atom. The molecule has 0 fully saturated rings. The lowest BCUT2D eigenvalue weighted by Gasteiger charge is -2.33. The largest absolute Gasteiger partial charge is 0.273 e. The summed E-state index contributed by atoms with van der Waals surface area (Å²) in [6, 6.07) is 0. The highest BCUT2D eigenvalue weighted by atomic mass is 35.5. The third-order valence-electron chi connectivity index (χ3n) is 3.32. The third-order valence-corrected chi connectivity index (χ3v) is 4.39. The Bertz CT molecular complexity index is 317. The van der Waals surface area contributed by atoms with E-state index in [4.69, 9.17) is 23.2 Å². The molecule has 0 saturated heterocycles. The fourth-order valence-electron chi connectivity index (χ4n) is 1.72. The van der Waals surface area contributed by atoms with Gasteiger partial charge in [-0.2, -0.15) is 5.10 Å². The van der Waals surface area contributed by atoms with E-state index < -0.39 is 0 Å². The van der Waals surface area contributed by atoms with Crippen LogP contribution in [0.2, 0.25) is 0 Å². The molecule has 0 unspecified atom stereocenters. The lowest BCUT2D eigenvalue weighted by molar-refractivity contribution is 0.259. The van der Waals surface area contributed by atoms with E-state index in [1.54, 1.807) is 0 Å². The zero-order valence-electron chi connectivity index (χ0n) is 10.2. The van der Waals surface area contributed by atoms with Gasteiger partial charge in [-0.1, -0.05) is 13.8 Å². The van der Waals surface area contributed by atoms with Crippen LogP contribution in [-0.4, -0.2) is 21.5 Å². The van der Waals surface area contributed by atoms with Crippen molar-refractivity contribution < 1.29 is 0 Å². The maximum absolute atomic E-state index is 6.10. The second-order valence-corrected chi connectivity index (χ2v) is 5.20. The van der Waals surface area contributed by atoms with Crippen LogP contribution in [0.3, 0.4) is 0 Å². The van der Waals surface area contributed by atoms with Crippen LogP contribution < -0.4 is 0 Å². The minimum atomic E-state index is -0.0231. The van der Waals surface area contributed by atoms with E-state index in [-0.39, 0.29) is 5.41 Å². The quantitative estimate of drug-likeness (QED) is 0.717. The van der Waals surface area contributed by atoms with Crippen LogP contribution in [-0.2, 0) is 13.0 Å². The molecule has 92 valence electrons. The van der Waals surface area contributed by atoms with Crippen LogP contribution in [0.4, 0.5) is 0 Å². The van der Waals surface area contributed by atoms with E-state index in [1.165, 1.54) is 5.56 Å². The van der Waals surface area contributed by atoms with Gasteiger partial charge in [-0.15, -0.1) is 23.2 Å². The first-order valence-corrected chi connectivity index (χ1v) is 6.78. The Balaban J connectivity index is 2.82. The molecule has 1 rings (SSSR count). The summed E-state index contributed by atoms with van der Waals surface area (Å²) in [7, 11) is 0. The molecule has 0 aromatic carbocycles. The van der Waals surface area contributed by atoms with Gasteiger partial charge in [-0.25, -0.2) is 0 Å². The van der Waals surface area contributed by atoms with Crippen molar-refractivity contribution in [2.24, 2.45) is 11.3 Å². The first-order chi connectivity index (χ1) is 7.57. The van der Waals surface area contributed by atoms with Gasteiger partial charge in [0.1, 0.15) is 0 Å². The number of alkyl halides is 2. The molecule has 1 aromatic heterocycles. The lowest BCUT2D eigenvalue weighted by atomic mass is 9.76. The number of aromatic nitrogens is 2. The Morgan fingerprint density at radius 3 is 2.38 bits per heavy atom. The molecule has 0 saturated carbocycles. The smallest absolute Gasteiger partial charge is 0.0521 e. The minimum absolute atomic E-state index is 0.0231. The number of hydrogen-bond acceptors (Lipinski definition) is 1. The molecular weight excluding hydrogens is 243 g/mol. The molecule has 0 atom stereocenters. The molecular formula is C12H20Cl2N2. The molecule has 2 nitrogen and oxygen atoms in total. The monoisotopic (exact) mass is 262 g/mol. The highest BCUT2D eigenvalue weighted by molar-refractivity contribution is 6.21. The van der Waals surface area contributed by atoms with Gasteiger partial charge in [-0.05, 0) is 24.8 Å². The van der Waals surface area contributed by atoms with Gasteiger partial charge in [0.25, 0.3) is 0 Å². The molecule has 0 bridgehead atoms. The summed E-state index contributed by atoms with van der Waals surface area (Å²) in [6.07, 6.45) is 4.90. The van der Waals surface area contributed by atoms with Crippen LogP contribution in [0.1, 0.15) is 26.3 Å². The maximum Gasteiger partial charge on any atom is 0.0521 e. The van der Waals surface area contributed by atoms with Crippen LogP contribution in [0.15, 0.2) is 12.4 Å². The fourth-order valence-corrected chi connectivity index (χ4v) is 2.81. The summed E-state index contributed by atoms with van der Waals surface area (Å²) in [4.78, 5) is 0. The molecule has 16 heavy (non-hydrogen) atoms. The summed E-state index contributed by atoms with van der Waals surface area (Å²) in [6.45, 7) is 7.33. The average molecular weight is 263 g/mol. The predicted molar refractivity (Wildman–Crippen MR) is 70.3 cm³/mol. The van der Waals surface area contributed by atoms with Gasteiger partial charge in [0.05, 0.1) is 6.20 Å². The standard InChI is InChI=1S/C12H20Cl2N2/c1-4-16-7-11(6-15-16)5-12(8-13,9-14)10(2)3/h6-7,10H,4-5,8-9H2,1-3H3. The molecule has 0 spiro atoms. The van der Waals surface area contributed by atoms with E-state index in [1.807, 2.05) is 10.9 Å². The van der Waals surface area contributed by atoms with E-state index in [0.29, 0.717) is 17.7 Å². The molecule has 0 N–H and O–H groups in total. The maximum atomic E-state index is 6.10. The molecule has 0 radical (unpaired) electrons. The summed E-state index contributed by atoms with van der Waals surface area (Å²) in [5.74, 6) is 1.64. The van der Waals surface area contributed by atoms with E-state index >= 15 is 0 Å². The van der Waals surface area contributed by atoms with Crippen molar-refractivity contribution in [3.05, 3.63) is 18.0 Å². The number of aryl methyl sites for hydroxylation is 1. The molecule has 1 aromatic rings. The molecule has 0 aliphatic rings. The SMILES string of the molecule is CCn1cc(CC(CCl)(CCl)C(C)C)cn1. The van der Waals surface area contributed by atoms with E-state index in [0.717, 1.165) is 13.0 Å². The van der Waals surface area contributed by atoms with Crippen LogP contribution >= 0.6 is 23.2 Å². The fraction of sp³-hybridized carbons (Fsp3) is 0.750. The zero-order valence-corrected chi connectivity index (χ0v) is 11.7. The third kappa shape index (κ3) is 2.92. The zero-order chi connectivity index (χ0) is 12.2. The van der Waals surface area contributed by atoms with Gasteiger partial charge in [0.2, 0.25) is 0 Å². The van der Waals surface area contributed by atoms with Gasteiger partial charge in [0.15, 0.2) is 0 Å². The van der Waals surface area contributed by atoms with Crippen molar-refractivity contribution in [2.75, 3.05) is 11.8 Å². The van der Waals surface area contributed by atoms with Gasteiger partial charge >= 0.3 is 0 Å².